The number of hydrogen-bond donors (Lipinski definition) is 0. The third kappa shape index (κ3) is 2.64. The number of ether oxygens (including phenoxy) is 1. The first kappa shape index (κ1) is 12.1. The third-order valence-electron chi connectivity index (χ3n) is 2.83. The van der Waals surface area contributed by atoms with Crippen molar-refractivity contribution in [2.75, 3.05) is 13.4 Å². The van der Waals surface area contributed by atoms with Gasteiger partial charge in [0.15, 0.2) is 0 Å². The topological polar surface area (TPSA) is 9.23 Å². The lowest BCUT2D eigenvalue weighted by atomic mass is 10.0. The predicted octanol–water partition coefficient (Wildman–Crippen LogP) is 4.39. The van der Waals surface area contributed by atoms with Gasteiger partial charge in [0.1, 0.15) is 5.75 Å². The van der Waals surface area contributed by atoms with Crippen LogP contribution in [-0.4, -0.2) is 13.4 Å². The molecule has 0 unspecified atom stereocenters. The number of methoxy groups -OCH3 is 1. The lowest BCUT2D eigenvalue weighted by Gasteiger charge is -2.07. The molecule has 0 heterocycles. The first-order valence-electron chi connectivity index (χ1n) is 5.53. The average molecular weight is 244 g/mol. The minimum atomic E-state index is 0.894. The van der Waals surface area contributed by atoms with Crippen molar-refractivity contribution in [3.63, 3.8) is 0 Å². The van der Waals surface area contributed by atoms with Gasteiger partial charge in [0.25, 0.3) is 0 Å². The summed E-state index contributed by atoms with van der Waals surface area (Å²) >= 11 is 1.79. The van der Waals surface area contributed by atoms with E-state index in [1.165, 1.54) is 21.6 Å². The van der Waals surface area contributed by atoms with Gasteiger partial charge in [-0.15, -0.1) is 11.8 Å². The van der Waals surface area contributed by atoms with E-state index in [-0.39, 0.29) is 0 Å². The van der Waals surface area contributed by atoms with Crippen molar-refractivity contribution in [2.24, 2.45) is 0 Å². The normalized spacial score (nSPS) is 10.3. The molecule has 0 radical (unpaired) electrons. The van der Waals surface area contributed by atoms with E-state index in [0.717, 1.165) is 5.75 Å². The monoisotopic (exact) mass is 244 g/mol. The highest BCUT2D eigenvalue weighted by Gasteiger charge is 2.02. The van der Waals surface area contributed by atoms with Gasteiger partial charge in [-0.3, -0.25) is 0 Å². The SMILES string of the molecule is COc1ccc(-c2ccc(C)c(SC)c2)cc1. The summed E-state index contributed by atoms with van der Waals surface area (Å²) in [6, 6.07) is 14.7. The van der Waals surface area contributed by atoms with Gasteiger partial charge in [-0.2, -0.15) is 0 Å². The second-order valence-electron chi connectivity index (χ2n) is 3.91. The van der Waals surface area contributed by atoms with Crippen molar-refractivity contribution in [1.82, 2.24) is 0 Å². The van der Waals surface area contributed by atoms with E-state index in [2.05, 4.69) is 43.5 Å². The summed E-state index contributed by atoms with van der Waals surface area (Å²) in [7, 11) is 1.69. The van der Waals surface area contributed by atoms with Crippen LogP contribution in [0.25, 0.3) is 11.1 Å². The number of aryl methyl sites for hydroxylation is 1. The molecule has 2 aromatic carbocycles. The van der Waals surface area contributed by atoms with E-state index in [1.54, 1.807) is 18.9 Å². The van der Waals surface area contributed by atoms with E-state index in [1.807, 2.05) is 12.1 Å². The van der Waals surface area contributed by atoms with Gasteiger partial charge in [-0.25, -0.2) is 0 Å². The predicted molar refractivity (Wildman–Crippen MR) is 74.9 cm³/mol. The van der Waals surface area contributed by atoms with E-state index >= 15 is 0 Å². The lowest BCUT2D eigenvalue weighted by Crippen LogP contribution is -1.84. The van der Waals surface area contributed by atoms with Gasteiger partial charge in [-0.1, -0.05) is 24.3 Å². The van der Waals surface area contributed by atoms with Crippen molar-refractivity contribution in [2.45, 2.75) is 11.8 Å². The zero-order valence-corrected chi connectivity index (χ0v) is 11.2. The zero-order chi connectivity index (χ0) is 12.3. The molecule has 88 valence electrons. The van der Waals surface area contributed by atoms with E-state index in [9.17, 15) is 0 Å². The molecule has 0 fully saturated rings. The quantitative estimate of drug-likeness (QED) is 0.740. The molecule has 0 spiro atoms. The van der Waals surface area contributed by atoms with Gasteiger partial charge >= 0.3 is 0 Å². The third-order valence-corrected chi connectivity index (χ3v) is 3.71. The first-order valence-corrected chi connectivity index (χ1v) is 6.76. The average Bonchev–Trinajstić information content (AvgIpc) is 2.39. The molecule has 0 aromatic heterocycles. The van der Waals surface area contributed by atoms with E-state index in [4.69, 9.17) is 4.74 Å². The molecule has 0 aliphatic heterocycles. The Morgan fingerprint density at radius 1 is 0.941 bits per heavy atom. The standard InChI is InChI=1S/C15H16OS/c1-11-4-5-13(10-15(11)17-3)12-6-8-14(16-2)9-7-12/h4-10H,1-3H3. The van der Waals surface area contributed by atoms with Gasteiger partial charge < -0.3 is 4.74 Å². The van der Waals surface area contributed by atoms with Gasteiger partial charge in [0, 0.05) is 4.90 Å². The fourth-order valence-corrected chi connectivity index (χ4v) is 2.42. The van der Waals surface area contributed by atoms with Crippen LogP contribution in [0.4, 0.5) is 0 Å². The van der Waals surface area contributed by atoms with Gasteiger partial charge in [0.05, 0.1) is 7.11 Å². The van der Waals surface area contributed by atoms with Crippen LogP contribution >= 0.6 is 11.8 Å². The van der Waals surface area contributed by atoms with Crippen LogP contribution in [0, 0.1) is 6.92 Å². The van der Waals surface area contributed by atoms with Crippen molar-refractivity contribution < 1.29 is 4.74 Å². The van der Waals surface area contributed by atoms with Crippen molar-refractivity contribution in [3.05, 3.63) is 48.0 Å². The number of benzene rings is 2. The second kappa shape index (κ2) is 5.28. The summed E-state index contributed by atoms with van der Waals surface area (Å²) in [5, 5.41) is 0. The van der Waals surface area contributed by atoms with E-state index in [0.29, 0.717) is 0 Å². The van der Waals surface area contributed by atoms with Crippen molar-refractivity contribution in [1.29, 1.82) is 0 Å². The lowest BCUT2D eigenvalue weighted by molar-refractivity contribution is 0.415. The Morgan fingerprint density at radius 3 is 2.18 bits per heavy atom. The highest BCUT2D eigenvalue weighted by Crippen LogP contribution is 2.28. The summed E-state index contributed by atoms with van der Waals surface area (Å²) < 4.78 is 5.16. The van der Waals surface area contributed by atoms with Crippen molar-refractivity contribution in [3.8, 4) is 16.9 Å². The smallest absolute Gasteiger partial charge is 0.118 e. The Kier molecular flexibility index (Phi) is 3.75. The highest BCUT2D eigenvalue weighted by atomic mass is 32.2. The molecule has 0 bridgehead atoms. The largest absolute Gasteiger partial charge is 0.497 e. The molecule has 2 aromatic rings. The van der Waals surface area contributed by atoms with Crippen LogP contribution in [0.1, 0.15) is 5.56 Å². The zero-order valence-electron chi connectivity index (χ0n) is 10.4. The maximum atomic E-state index is 5.16. The Bertz CT molecular complexity index is 503. The summed E-state index contributed by atoms with van der Waals surface area (Å²) in [6.07, 6.45) is 2.11. The molecule has 0 saturated carbocycles. The Labute approximate surface area is 107 Å². The van der Waals surface area contributed by atoms with Crippen LogP contribution in [0.5, 0.6) is 5.75 Å². The fourth-order valence-electron chi connectivity index (χ4n) is 1.78. The summed E-state index contributed by atoms with van der Waals surface area (Å²) in [4.78, 5) is 1.33. The molecule has 0 N–H and O–H groups in total. The molecular formula is C15H16OS. The first-order chi connectivity index (χ1) is 8.24. The van der Waals surface area contributed by atoms with Crippen LogP contribution in [-0.2, 0) is 0 Å². The Hall–Kier alpha value is -1.41. The molecule has 0 aliphatic carbocycles. The van der Waals surface area contributed by atoms with Crippen LogP contribution in [0.3, 0.4) is 0 Å². The molecular weight excluding hydrogens is 228 g/mol. The summed E-state index contributed by atoms with van der Waals surface area (Å²) in [5.74, 6) is 0.894. The van der Waals surface area contributed by atoms with Crippen LogP contribution < -0.4 is 4.74 Å². The summed E-state index contributed by atoms with van der Waals surface area (Å²) in [6.45, 7) is 2.14. The Morgan fingerprint density at radius 2 is 1.59 bits per heavy atom. The molecule has 1 nitrogen and oxygen atoms in total. The molecule has 0 amide bonds. The molecule has 0 aliphatic rings. The van der Waals surface area contributed by atoms with Crippen LogP contribution in [0.15, 0.2) is 47.4 Å². The Balaban J connectivity index is 2.38. The molecule has 2 rings (SSSR count). The molecule has 17 heavy (non-hydrogen) atoms. The van der Waals surface area contributed by atoms with Crippen molar-refractivity contribution >= 4 is 11.8 Å². The highest BCUT2D eigenvalue weighted by molar-refractivity contribution is 7.98. The van der Waals surface area contributed by atoms with E-state index < -0.39 is 0 Å². The maximum Gasteiger partial charge on any atom is 0.118 e. The molecule has 2 heteroatoms. The van der Waals surface area contributed by atoms with Gasteiger partial charge in [0.2, 0.25) is 0 Å². The molecule has 0 saturated heterocycles. The second-order valence-corrected chi connectivity index (χ2v) is 4.76. The minimum absolute atomic E-state index is 0.894. The fraction of sp³-hybridized carbons (Fsp3) is 0.200. The van der Waals surface area contributed by atoms with Crippen LogP contribution in [0.2, 0.25) is 0 Å². The maximum absolute atomic E-state index is 5.16. The molecule has 0 atom stereocenters. The minimum Gasteiger partial charge on any atom is -0.497 e. The number of hydrogen-bond acceptors (Lipinski definition) is 2. The number of rotatable bonds is 3. The summed E-state index contributed by atoms with van der Waals surface area (Å²) in [5.41, 5.74) is 3.80. The van der Waals surface area contributed by atoms with Gasteiger partial charge in [-0.05, 0) is 48.1 Å². The number of thioether (sulfide) groups is 1.